The lowest BCUT2D eigenvalue weighted by atomic mass is 10.2. The second kappa shape index (κ2) is 3.96. The van der Waals surface area contributed by atoms with Crippen molar-refractivity contribution in [2.75, 3.05) is 0 Å². The fourth-order valence-corrected chi connectivity index (χ4v) is 2.38. The minimum absolute atomic E-state index is 0.351. The molecule has 0 atom stereocenters. The first-order chi connectivity index (χ1) is 6.42. The predicted octanol–water partition coefficient (Wildman–Crippen LogP) is 2.69. The van der Waals surface area contributed by atoms with Crippen LogP contribution in [0, 0.1) is 6.92 Å². The highest BCUT2D eigenvalue weighted by molar-refractivity contribution is 7.94. The van der Waals surface area contributed by atoms with Crippen LogP contribution in [0.4, 0.5) is 0 Å². The molecule has 0 saturated carbocycles. The van der Waals surface area contributed by atoms with Crippen LogP contribution < -0.4 is 0 Å². The molecule has 1 aromatic carbocycles. The van der Waals surface area contributed by atoms with Crippen LogP contribution in [0.3, 0.4) is 0 Å². The smallest absolute Gasteiger partial charge is 0.199 e. The average molecular weight is 210 g/mol. The van der Waals surface area contributed by atoms with E-state index in [-0.39, 0.29) is 0 Å². The van der Waals surface area contributed by atoms with Crippen LogP contribution >= 0.6 is 0 Å². The molecular formula is C11H14O2S. The molecule has 0 bridgehead atoms. The van der Waals surface area contributed by atoms with Crippen molar-refractivity contribution in [1.82, 2.24) is 0 Å². The molecule has 0 radical (unpaired) electrons. The molecule has 0 saturated heterocycles. The van der Waals surface area contributed by atoms with Crippen molar-refractivity contribution in [2.24, 2.45) is 0 Å². The highest BCUT2D eigenvalue weighted by Crippen LogP contribution is 2.14. The van der Waals surface area contributed by atoms with E-state index in [0.29, 0.717) is 4.90 Å². The van der Waals surface area contributed by atoms with Crippen LogP contribution in [-0.4, -0.2) is 8.42 Å². The first kappa shape index (κ1) is 11.0. The highest BCUT2D eigenvalue weighted by atomic mass is 32.2. The zero-order chi connectivity index (χ0) is 10.8. The topological polar surface area (TPSA) is 34.1 Å². The van der Waals surface area contributed by atoms with Crippen LogP contribution in [0.25, 0.3) is 0 Å². The van der Waals surface area contributed by atoms with Gasteiger partial charge in [0.05, 0.1) is 4.90 Å². The van der Waals surface area contributed by atoms with Gasteiger partial charge in [0.25, 0.3) is 0 Å². The van der Waals surface area contributed by atoms with E-state index in [1.54, 1.807) is 38.1 Å². The van der Waals surface area contributed by atoms with Gasteiger partial charge in [0, 0.05) is 5.41 Å². The van der Waals surface area contributed by atoms with Crippen molar-refractivity contribution in [3.05, 3.63) is 40.8 Å². The summed E-state index contributed by atoms with van der Waals surface area (Å²) in [6.45, 7) is 5.47. The van der Waals surface area contributed by atoms with E-state index in [1.165, 1.54) is 5.41 Å². The molecule has 1 rings (SSSR count). The standard InChI is InChI=1S/C11H14O2S/c1-9(2)8-14(12,13)11-6-4-10(3)5-7-11/h4-8H,1-3H3. The van der Waals surface area contributed by atoms with Crippen LogP contribution in [-0.2, 0) is 9.84 Å². The number of aryl methyl sites for hydroxylation is 1. The molecule has 1 aromatic rings. The maximum atomic E-state index is 11.7. The zero-order valence-corrected chi connectivity index (χ0v) is 9.43. The van der Waals surface area contributed by atoms with Crippen LogP contribution in [0.2, 0.25) is 0 Å². The second-order valence-electron chi connectivity index (χ2n) is 3.55. The lowest BCUT2D eigenvalue weighted by Gasteiger charge is -2.00. The van der Waals surface area contributed by atoms with Crippen molar-refractivity contribution in [1.29, 1.82) is 0 Å². The molecule has 0 aliphatic carbocycles. The van der Waals surface area contributed by atoms with E-state index in [1.807, 2.05) is 6.92 Å². The molecule has 14 heavy (non-hydrogen) atoms. The number of sulfone groups is 1. The minimum Gasteiger partial charge on any atom is -0.219 e. The monoisotopic (exact) mass is 210 g/mol. The third kappa shape index (κ3) is 2.70. The second-order valence-corrected chi connectivity index (χ2v) is 5.35. The Labute approximate surface area is 85.2 Å². The van der Waals surface area contributed by atoms with Gasteiger partial charge >= 0.3 is 0 Å². The van der Waals surface area contributed by atoms with Gasteiger partial charge in [-0.15, -0.1) is 0 Å². The third-order valence-corrected chi connectivity index (χ3v) is 3.45. The Hall–Kier alpha value is -1.09. The quantitative estimate of drug-likeness (QED) is 0.752. The third-order valence-electron chi connectivity index (χ3n) is 1.74. The van der Waals surface area contributed by atoms with Gasteiger partial charge in [-0.1, -0.05) is 23.3 Å². The first-order valence-electron chi connectivity index (χ1n) is 4.38. The normalized spacial score (nSPS) is 11.1. The lowest BCUT2D eigenvalue weighted by Crippen LogP contribution is -1.96. The van der Waals surface area contributed by atoms with Crippen molar-refractivity contribution in [2.45, 2.75) is 25.7 Å². The van der Waals surface area contributed by atoms with E-state index in [2.05, 4.69) is 0 Å². The van der Waals surface area contributed by atoms with E-state index in [0.717, 1.165) is 11.1 Å². The van der Waals surface area contributed by atoms with Crippen molar-refractivity contribution < 1.29 is 8.42 Å². The summed E-state index contributed by atoms with van der Waals surface area (Å²) in [5, 5.41) is 1.29. The largest absolute Gasteiger partial charge is 0.219 e. The predicted molar refractivity (Wildman–Crippen MR) is 57.8 cm³/mol. The molecule has 3 heteroatoms. The summed E-state index contributed by atoms with van der Waals surface area (Å²) in [7, 11) is -3.24. The summed E-state index contributed by atoms with van der Waals surface area (Å²) >= 11 is 0. The summed E-state index contributed by atoms with van der Waals surface area (Å²) in [6.07, 6.45) is 0. The fraction of sp³-hybridized carbons (Fsp3) is 0.273. The zero-order valence-electron chi connectivity index (χ0n) is 8.61. The Bertz CT molecular complexity index is 435. The number of rotatable bonds is 2. The summed E-state index contributed by atoms with van der Waals surface area (Å²) in [5.74, 6) is 0. The minimum atomic E-state index is -3.24. The summed E-state index contributed by atoms with van der Waals surface area (Å²) in [4.78, 5) is 0.351. The Morgan fingerprint density at radius 1 is 1.14 bits per heavy atom. The number of benzene rings is 1. The van der Waals surface area contributed by atoms with E-state index >= 15 is 0 Å². The first-order valence-corrected chi connectivity index (χ1v) is 5.93. The summed E-state index contributed by atoms with van der Waals surface area (Å²) < 4.78 is 23.4. The fourth-order valence-electron chi connectivity index (χ4n) is 1.11. The van der Waals surface area contributed by atoms with Crippen LogP contribution in [0.15, 0.2) is 40.1 Å². The molecule has 0 fully saturated rings. The van der Waals surface area contributed by atoms with Gasteiger partial charge < -0.3 is 0 Å². The average Bonchev–Trinajstić information content (AvgIpc) is 2.02. The molecule has 0 spiro atoms. The Morgan fingerprint density at radius 2 is 1.64 bits per heavy atom. The van der Waals surface area contributed by atoms with Gasteiger partial charge in [-0.05, 0) is 32.9 Å². The molecule has 0 heterocycles. The molecule has 76 valence electrons. The molecule has 0 aromatic heterocycles. The number of allylic oxidation sites excluding steroid dienone is 1. The molecule has 0 aliphatic rings. The SMILES string of the molecule is CC(C)=CS(=O)(=O)c1ccc(C)cc1. The van der Waals surface area contributed by atoms with E-state index < -0.39 is 9.84 Å². The highest BCUT2D eigenvalue weighted by Gasteiger charge is 2.09. The molecule has 0 aliphatic heterocycles. The molecule has 0 unspecified atom stereocenters. The molecule has 0 amide bonds. The maximum absolute atomic E-state index is 11.7. The molecular weight excluding hydrogens is 196 g/mol. The Morgan fingerprint density at radius 3 is 2.07 bits per heavy atom. The van der Waals surface area contributed by atoms with Crippen molar-refractivity contribution in [3.63, 3.8) is 0 Å². The van der Waals surface area contributed by atoms with Gasteiger partial charge in [-0.25, -0.2) is 8.42 Å². The van der Waals surface area contributed by atoms with Crippen LogP contribution in [0.5, 0.6) is 0 Å². The Kier molecular flexibility index (Phi) is 3.11. The van der Waals surface area contributed by atoms with Gasteiger partial charge in [0.2, 0.25) is 0 Å². The van der Waals surface area contributed by atoms with Gasteiger partial charge in [0.15, 0.2) is 9.84 Å². The lowest BCUT2D eigenvalue weighted by molar-refractivity contribution is 0.604. The van der Waals surface area contributed by atoms with Gasteiger partial charge in [0.1, 0.15) is 0 Å². The summed E-state index contributed by atoms with van der Waals surface area (Å²) in [6, 6.07) is 6.85. The summed E-state index contributed by atoms with van der Waals surface area (Å²) in [5.41, 5.74) is 1.84. The van der Waals surface area contributed by atoms with Crippen molar-refractivity contribution in [3.8, 4) is 0 Å². The Balaban J connectivity index is 3.18. The van der Waals surface area contributed by atoms with Gasteiger partial charge in [-0.2, -0.15) is 0 Å². The molecule has 2 nitrogen and oxygen atoms in total. The van der Waals surface area contributed by atoms with E-state index in [9.17, 15) is 8.42 Å². The molecule has 0 N–H and O–H groups in total. The maximum Gasteiger partial charge on any atom is 0.199 e. The van der Waals surface area contributed by atoms with Gasteiger partial charge in [-0.3, -0.25) is 0 Å². The van der Waals surface area contributed by atoms with E-state index in [4.69, 9.17) is 0 Å². The van der Waals surface area contributed by atoms with Crippen molar-refractivity contribution >= 4 is 9.84 Å². The number of hydrogen-bond donors (Lipinski definition) is 0. The number of hydrogen-bond acceptors (Lipinski definition) is 2. The van der Waals surface area contributed by atoms with Crippen LogP contribution in [0.1, 0.15) is 19.4 Å².